The average molecular weight is 425 g/mol. The van der Waals surface area contributed by atoms with E-state index in [9.17, 15) is 0 Å². The van der Waals surface area contributed by atoms with E-state index in [0.717, 1.165) is 69.2 Å². The van der Waals surface area contributed by atoms with E-state index in [2.05, 4.69) is 62.7 Å². The maximum absolute atomic E-state index is 5.38. The summed E-state index contributed by atoms with van der Waals surface area (Å²) < 4.78 is 6.50. The van der Waals surface area contributed by atoms with Gasteiger partial charge in [-0.1, -0.05) is 15.9 Å². The SMILES string of the molecule is CCNC(=NCC1CCN(c2ccc(Br)cc2)C1)NCCCCOCC. The first-order valence-corrected chi connectivity index (χ1v) is 10.6. The summed E-state index contributed by atoms with van der Waals surface area (Å²) >= 11 is 3.50. The van der Waals surface area contributed by atoms with E-state index >= 15 is 0 Å². The topological polar surface area (TPSA) is 48.9 Å². The van der Waals surface area contributed by atoms with E-state index in [1.807, 2.05) is 6.92 Å². The minimum atomic E-state index is 0.618. The third kappa shape index (κ3) is 7.54. The van der Waals surface area contributed by atoms with Gasteiger partial charge in [0, 0.05) is 56.1 Å². The standard InChI is InChI=1S/C20H33BrN4O/c1-3-22-20(23-12-5-6-14-26-4-2)24-15-17-11-13-25(16-17)19-9-7-18(21)8-10-19/h7-10,17H,3-6,11-16H2,1-2H3,(H2,22,23,24). The smallest absolute Gasteiger partial charge is 0.191 e. The summed E-state index contributed by atoms with van der Waals surface area (Å²) in [5.74, 6) is 1.55. The van der Waals surface area contributed by atoms with E-state index in [1.54, 1.807) is 0 Å². The van der Waals surface area contributed by atoms with Crippen LogP contribution >= 0.6 is 15.9 Å². The van der Waals surface area contributed by atoms with Crippen LogP contribution in [0, 0.1) is 5.92 Å². The maximum atomic E-state index is 5.38. The number of benzene rings is 1. The van der Waals surface area contributed by atoms with Gasteiger partial charge < -0.3 is 20.3 Å². The van der Waals surface area contributed by atoms with Gasteiger partial charge in [0.05, 0.1) is 0 Å². The first-order valence-electron chi connectivity index (χ1n) is 9.83. The molecule has 1 saturated heterocycles. The Morgan fingerprint density at radius 2 is 2.04 bits per heavy atom. The lowest BCUT2D eigenvalue weighted by molar-refractivity contribution is 0.143. The highest BCUT2D eigenvalue weighted by Gasteiger charge is 2.22. The van der Waals surface area contributed by atoms with Gasteiger partial charge in [0.25, 0.3) is 0 Å². The molecule has 1 fully saturated rings. The lowest BCUT2D eigenvalue weighted by Crippen LogP contribution is -2.38. The number of ether oxygens (including phenoxy) is 1. The number of nitrogens with one attached hydrogen (secondary N) is 2. The van der Waals surface area contributed by atoms with Crippen molar-refractivity contribution in [1.29, 1.82) is 0 Å². The molecule has 146 valence electrons. The fourth-order valence-corrected chi connectivity index (χ4v) is 3.37. The number of hydrogen-bond acceptors (Lipinski definition) is 3. The molecule has 1 unspecified atom stereocenters. The minimum absolute atomic E-state index is 0.618. The number of anilines is 1. The quantitative estimate of drug-likeness (QED) is 0.341. The number of nitrogens with zero attached hydrogens (tertiary/aromatic N) is 2. The molecule has 0 saturated carbocycles. The molecular formula is C20H33BrN4O. The van der Waals surface area contributed by atoms with E-state index in [4.69, 9.17) is 9.73 Å². The number of guanidine groups is 1. The number of hydrogen-bond donors (Lipinski definition) is 2. The Bertz CT molecular complexity index is 535. The predicted octanol–water partition coefficient (Wildman–Crippen LogP) is 3.65. The van der Waals surface area contributed by atoms with Gasteiger partial charge >= 0.3 is 0 Å². The largest absolute Gasteiger partial charge is 0.382 e. The zero-order valence-corrected chi connectivity index (χ0v) is 17.7. The highest BCUT2D eigenvalue weighted by Crippen LogP contribution is 2.25. The molecule has 1 atom stereocenters. The molecule has 0 spiro atoms. The molecule has 0 aromatic heterocycles. The molecule has 26 heavy (non-hydrogen) atoms. The highest BCUT2D eigenvalue weighted by molar-refractivity contribution is 9.10. The highest BCUT2D eigenvalue weighted by atomic mass is 79.9. The van der Waals surface area contributed by atoms with Crippen LogP contribution in [0.25, 0.3) is 0 Å². The summed E-state index contributed by atoms with van der Waals surface area (Å²) in [5.41, 5.74) is 1.30. The van der Waals surface area contributed by atoms with Gasteiger partial charge in [-0.15, -0.1) is 0 Å². The van der Waals surface area contributed by atoms with Gasteiger partial charge in [-0.3, -0.25) is 4.99 Å². The van der Waals surface area contributed by atoms with Crippen LogP contribution in [0.1, 0.15) is 33.1 Å². The van der Waals surface area contributed by atoms with Crippen molar-refractivity contribution in [1.82, 2.24) is 10.6 Å². The molecule has 1 aromatic carbocycles. The Labute approximate surface area is 166 Å². The van der Waals surface area contributed by atoms with Gasteiger partial charge in [0.1, 0.15) is 0 Å². The summed E-state index contributed by atoms with van der Waals surface area (Å²) in [5, 5.41) is 6.78. The normalized spacial score (nSPS) is 17.6. The van der Waals surface area contributed by atoms with Gasteiger partial charge in [-0.05, 0) is 63.3 Å². The molecule has 1 aliphatic heterocycles. The van der Waals surface area contributed by atoms with Crippen LogP contribution in [0.3, 0.4) is 0 Å². The van der Waals surface area contributed by atoms with Gasteiger partial charge in [-0.25, -0.2) is 0 Å². The summed E-state index contributed by atoms with van der Waals surface area (Å²) in [6.45, 7) is 10.7. The second-order valence-corrected chi connectivity index (χ2v) is 7.54. The summed E-state index contributed by atoms with van der Waals surface area (Å²) in [6, 6.07) is 8.59. The third-order valence-electron chi connectivity index (χ3n) is 4.54. The minimum Gasteiger partial charge on any atom is -0.382 e. The lowest BCUT2D eigenvalue weighted by Gasteiger charge is -2.18. The summed E-state index contributed by atoms with van der Waals surface area (Å²) in [7, 11) is 0. The Balaban J connectivity index is 1.73. The predicted molar refractivity (Wildman–Crippen MR) is 114 cm³/mol. The molecule has 1 aromatic rings. The van der Waals surface area contributed by atoms with Crippen molar-refractivity contribution in [2.24, 2.45) is 10.9 Å². The number of halogens is 1. The van der Waals surface area contributed by atoms with Crippen LogP contribution < -0.4 is 15.5 Å². The van der Waals surface area contributed by atoms with E-state index in [0.29, 0.717) is 5.92 Å². The molecule has 0 amide bonds. The van der Waals surface area contributed by atoms with Crippen LogP contribution in [0.2, 0.25) is 0 Å². The third-order valence-corrected chi connectivity index (χ3v) is 5.07. The van der Waals surface area contributed by atoms with Gasteiger partial charge in [0.2, 0.25) is 0 Å². The Kier molecular flexibility index (Phi) is 9.85. The summed E-state index contributed by atoms with van der Waals surface area (Å²) in [4.78, 5) is 7.26. The van der Waals surface area contributed by atoms with Crippen molar-refractivity contribution in [2.75, 3.05) is 50.8 Å². The Morgan fingerprint density at radius 1 is 1.23 bits per heavy atom. The second kappa shape index (κ2) is 12.2. The fourth-order valence-electron chi connectivity index (χ4n) is 3.11. The zero-order valence-electron chi connectivity index (χ0n) is 16.1. The van der Waals surface area contributed by atoms with E-state index in [-0.39, 0.29) is 0 Å². The number of aliphatic imine (C=N–C) groups is 1. The maximum Gasteiger partial charge on any atom is 0.191 e. The Hall–Kier alpha value is -1.27. The zero-order chi connectivity index (χ0) is 18.6. The molecule has 0 radical (unpaired) electrons. The molecule has 0 aliphatic carbocycles. The van der Waals surface area contributed by atoms with Crippen molar-refractivity contribution in [3.63, 3.8) is 0 Å². The van der Waals surface area contributed by atoms with Crippen LogP contribution in [-0.2, 0) is 4.74 Å². The van der Waals surface area contributed by atoms with Crippen LogP contribution in [0.15, 0.2) is 33.7 Å². The molecular weight excluding hydrogens is 392 g/mol. The van der Waals surface area contributed by atoms with Crippen LogP contribution in [0.5, 0.6) is 0 Å². The molecule has 1 heterocycles. The summed E-state index contributed by atoms with van der Waals surface area (Å²) in [6.07, 6.45) is 3.39. The van der Waals surface area contributed by atoms with Crippen molar-refractivity contribution < 1.29 is 4.74 Å². The van der Waals surface area contributed by atoms with E-state index < -0.39 is 0 Å². The van der Waals surface area contributed by atoms with Gasteiger partial charge in [0.15, 0.2) is 5.96 Å². The first-order chi connectivity index (χ1) is 12.7. The lowest BCUT2D eigenvalue weighted by atomic mass is 10.1. The first kappa shape index (κ1) is 21.0. The average Bonchev–Trinajstić information content (AvgIpc) is 3.12. The van der Waals surface area contributed by atoms with Crippen molar-refractivity contribution >= 4 is 27.6 Å². The Morgan fingerprint density at radius 3 is 2.77 bits per heavy atom. The number of unbranched alkanes of at least 4 members (excludes halogenated alkanes) is 1. The van der Waals surface area contributed by atoms with Crippen LogP contribution in [0.4, 0.5) is 5.69 Å². The second-order valence-electron chi connectivity index (χ2n) is 6.63. The van der Waals surface area contributed by atoms with Crippen LogP contribution in [-0.4, -0.2) is 51.9 Å². The fraction of sp³-hybridized carbons (Fsp3) is 0.650. The molecule has 6 heteroatoms. The van der Waals surface area contributed by atoms with Crippen molar-refractivity contribution in [3.8, 4) is 0 Å². The van der Waals surface area contributed by atoms with Crippen molar-refractivity contribution in [3.05, 3.63) is 28.7 Å². The van der Waals surface area contributed by atoms with Gasteiger partial charge in [-0.2, -0.15) is 0 Å². The van der Waals surface area contributed by atoms with E-state index in [1.165, 1.54) is 12.1 Å². The van der Waals surface area contributed by atoms with Crippen molar-refractivity contribution in [2.45, 2.75) is 33.1 Å². The molecule has 2 N–H and O–H groups in total. The monoisotopic (exact) mass is 424 g/mol. The molecule has 5 nitrogen and oxygen atoms in total. The molecule has 2 rings (SSSR count). The molecule has 0 bridgehead atoms. The molecule has 1 aliphatic rings. The number of rotatable bonds is 10.